The number of dihydropyridines is 1. The number of nitrogens with two attached hydrogens (primary N) is 1. The third kappa shape index (κ3) is 4.34. The summed E-state index contributed by atoms with van der Waals surface area (Å²) in [6.07, 6.45) is 8.10. The predicted molar refractivity (Wildman–Crippen MR) is 123 cm³/mol. The topological polar surface area (TPSA) is 125 Å². The number of ether oxygens (including phenoxy) is 1. The normalized spacial score (nSPS) is 32.5. The SMILES string of the molecule is CC1(C(=O)N[C@]2(N)CCC[C@H](NC3=C(F)CNC(C4=CNC5NC=C(Cl)C=C45)=N3)C2)COC1. The number of hydrogen-bond acceptors (Lipinski definition) is 8. The molecule has 2 fully saturated rings. The molecule has 0 radical (unpaired) electrons. The molecule has 1 unspecified atom stereocenters. The molecule has 178 valence electrons. The van der Waals surface area contributed by atoms with Crippen molar-refractivity contribution in [3.8, 4) is 0 Å². The van der Waals surface area contributed by atoms with E-state index < -0.39 is 11.1 Å². The summed E-state index contributed by atoms with van der Waals surface area (Å²) in [6, 6.07) is -0.116. The zero-order chi connectivity index (χ0) is 23.2. The van der Waals surface area contributed by atoms with E-state index in [1.807, 2.05) is 19.2 Å². The largest absolute Gasteiger partial charge is 0.379 e. The fourth-order valence-electron chi connectivity index (χ4n) is 4.73. The van der Waals surface area contributed by atoms with Gasteiger partial charge in [-0.15, -0.1) is 0 Å². The van der Waals surface area contributed by atoms with Crippen molar-refractivity contribution >= 4 is 23.3 Å². The minimum absolute atomic E-state index is 0.0308. The van der Waals surface area contributed by atoms with Crippen LogP contribution in [-0.2, 0) is 9.53 Å². The Morgan fingerprint density at radius 3 is 2.91 bits per heavy atom. The van der Waals surface area contributed by atoms with Gasteiger partial charge < -0.3 is 37.1 Å². The van der Waals surface area contributed by atoms with Crippen LogP contribution in [0.4, 0.5) is 4.39 Å². The molecular weight excluding hydrogens is 449 g/mol. The van der Waals surface area contributed by atoms with Gasteiger partial charge in [-0.05, 0) is 32.3 Å². The number of amides is 1. The van der Waals surface area contributed by atoms with Crippen LogP contribution in [0.3, 0.4) is 0 Å². The molecule has 7 N–H and O–H groups in total. The van der Waals surface area contributed by atoms with Gasteiger partial charge in [-0.1, -0.05) is 11.6 Å². The molecule has 0 spiro atoms. The molecule has 5 aliphatic rings. The smallest absolute Gasteiger partial charge is 0.232 e. The Morgan fingerprint density at radius 1 is 1.36 bits per heavy atom. The van der Waals surface area contributed by atoms with Crippen molar-refractivity contribution in [1.29, 1.82) is 0 Å². The number of nitrogens with one attached hydrogen (secondary N) is 5. The second-order valence-corrected chi connectivity index (χ2v) is 10.1. The molecule has 5 rings (SSSR count). The highest BCUT2D eigenvalue weighted by atomic mass is 35.5. The second kappa shape index (κ2) is 8.34. The van der Waals surface area contributed by atoms with E-state index in [1.165, 1.54) is 0 Å². The van der Waals surface area contributed by atoms with E-state index in [0.717, 1.165) is 24.0 Å². The van der Waals surface area contributed by atoms with Crippen LogP contribution in [0.25, 0.3) is 0 Å². The number of hydrogen-bond donors (Lipinski definition) is 6. The standard InChI is InChI=1S/C22H29ClFN7O2/c1-21(10-33-11-21)20(32)31-22(25)4-2-3-13(6-22)29-19-16(24)9-28-18(30-19)15-8-27-17-14(15)5-12(23)7-26-17/h5,7-8,13,17,26-27,29H,2-4,6,9-11,25H2,1H3,(H,28,30)(H,31,32)/t13-,17?,22+/m0/s1. The summed E-state index contributed by atoms with van der Waals surface area (Å²) < 4.78 is 19.9. The molecule has 1 aliphatic carbocycles. The number of halogens is 2. The lowest BCUT2D eigenvalue weighted by atomic mass is 9.82. The molecule has 11 heteroatoms. The van der Waals surface area contributed by atoms with E-state index in [1.54, 1.807) is 6.20 Å². The number of allylic oxidation sites excluding steroid dienone is 2. The molecule has 0 aromatic heterocycles. The lowest BCUT2D eigenvalue weighted by molar-refractivity contribution is -0.160. The summed E-state index contributed by atoms with van der Waals surface area (Å²) in [4.78, 5) is 17.2. The summed E-state index contributed by atoms with van der Waals surface area (Å²) in [6.45, 7) is 2.70. The van der Waals surface area contributed by atoms with Gasteiger partial charge in [-0.2, -0.15) is 0 Å². The molecule has 33 heavy (non-hydrogen) atoms. The summed E-state index contributed by atoms with van der Waals surface area (Å²) in [5.41, 5.74) is 6.94. The van der Waals surface area contributed by atoms with Crippen molar-refractivity contribution in [2.45, 2.75) is 50.5 Å². The van der Waals surface area contributed by atoms with Gasteiger partial charge in [0.15, 0.2) is 11.6 Å². The van der Waals surface area contributed by atoms with E-state index in [9.17, 15) is 9.18 Å². The van der Waals surface area contributed by atoms with Crippen LogP contribution in [-0.4, -0.2) is 49.4 Å². The number of fused-ring (bicyclic) bond motifs is 1. The molecule has 9 nitrogen and oxygen atoms in total. The minimum atomic E-state index is -0.852. The van der Waals surface area contributed by atoms with Crippen molar-refractivity contribution in [3.05, 3.63) is 46.3 Å². The number of amidine groups is 1. The van der Waals surface area contributed by atoms with Crippen LogP contribution < -0.4 is 32.3 Å². The first kappa shape index (κ1) is 22.2. The maximum absolute atomic E-state index is 14.7. The molecule has 1 amide bonds. The van der Waals surface area contributed by atoms with Gasteiger partial charge in [-0.25, -0.2) is 9.38 Å². The Kier molecular flexibility index (Phi) is 5.62. The van der Waals surface area contributed by atoms with E-state index >= 15 is 0 Å². The fourth-order valence-corrected chi connectivity index (χ4v) is 4.91. The molecule has 1 saturated heterocycles. The van der Waals surface area contributed by atoms with Gasteiger partial charge >= 0.3 is 0 Å². The third-order valence-electron chi connectivity index (χ3n) is 6.72. The first-order valence-corrected chi connectivity index (χ1v) is 11.6. The molecule has 0 aromatic carbocycles. The predicted octanol–water partition coefficient (Wildman–Crippen LogP) is 0.890. The average Bonchev–Trinajstić information content (AvgIpc) is 3.16. The highest BCUT2D eigenvalue weighted by molar-refractivity contribution is 6.31. The van der Waals surface area contributed by atoms with Crippen LogP contribution in [0, 0.1) is 5.41 Å². The molecule has 4 aliphatic heterocycles. The van der Waals surface area contributed by atoms with Gasteiger partial charge in [0.1, 0.15) is 12.0 Å². The summed E-state index contributed by atoms with van der Waals surface area (Å²) in [5.74, 6) is 0.294. The monoisotopic (exact) mass is 477 g/mol. The number of rotatable bonds is 5. The molecular formula is C22H29ClFN7O2. The highest BCUT2D eigenvalue weighted by Crippen LogP contribution is 2.31. The Labute approximate surface area is 196 Å². The Balaban J connectivity index is 1.28. The van der Waals surface area contributed by atoms with Crippen LogP contribution in [0.1, 0.15) is 32.6 Å². The lowest BCUT2D eigenvalue weighted by Crippen LogP contribution is -2.65. The Morgan fingerprint density at radius 2 is 2.15 bits per heavy atom. The van der Waals surface area contributed by atoms with Gasteiger partial charge in [0, 0.05) is 36.0 Å². The highest BCUT2D eigenvalue weighted by Gasteiger charge is 2.45. The van der Waals surface area contributed by atoms with Gasteiger partial charge in [0.05, 0.1) is 35.9 Å². The van der Waals surface area contributed by atoms with Crippen molar-refractivity contribution in [3.63, 3.8) is 0 Å². The molecule has 1 saturated carbocycles. The van der Waals surface area contributed by atoms with Crippen molar-refractivity contribution < 1.29 is 13.9 Å². The maximum Gasteiger partial charge on any atom is 0.232 e. The van der Waals surface area contributed by atoms with Gasteiger partial charge in [-0.3, -0.25) is 4.79 Å². The minimum Gasteiger partial charge on any atom is -0.379 e. The van der Waals surface area contributed by atoms with Crippen molar-refractivity contribution in [2.24, 2.45) is 16.1 Å². The fraction of sp³-hybridized carbons (Fsp3) is 0.545. The average molecular weight is 478 g/mol. The van der Waals surface area contributed by atoms with E-state index in [-0.39, 0.29) is 36.3 Å². The van der Waals surface area contributed by atoms with Crippen LogP contribution in [0.2, 0.25) is 0 Å². The number of aliphatic imine (C=N–C) groups is 1. The van der Waals surface area contributed by atoms with Gasteiger partial charge in [0.25, 0.3) is 0 Å². The van der Waals surface area contributed by atoms with Gasteiger partial charge in [0.2, 0.25) is 5.91 Å². The lowest BCUT2D eigenvalue weighted by Gasteiger charge is -2.43. The zero-order valence-electron chi connectivity index (χ0n) is 18.4. The summed E-state index contributed by atoms with van der Waals surface area (Å²) >= 11 is 6.15. The first-order valence-electron chi connectivity index (χ1n) is 11.2. The molecule has 3 atom stereocenters. The van der Waals surface area contributed by atoms with Crippen LogP contribution in [0.5, 0.6) is 0 Å². The second-order valence-electron chi connectivity index (χ2n) is 9.62. The summed E-state index contributed by atoms with van der Waals surface area (Å²) in [5, 5.41) is 16.3. The van der Waals surface area contributed by atoms with Crippen molar-refractivity contribution in [2.75, 3.05) is 19.8 Å². The maximum atomic E-state index is 14.7. The zero-order valence-corrected chi connectivity index (χ0v) is 19.2. The number of carbonyl (C=O) groups excluding carboxylic acids is 1. The molecule has 0 bridgehead atoms. The van der Waals surface area contributed by atoms with Crippen molar-refractivity contribution in [1.82, 2.24) is 26.6 Å². The van der Waals surface area contributed by atoms with E-state index in [4.69, 9.17) is 22.1 Å². The van der Waals surface area contributed by atoms with E-state index in [2.05, 4.69) is 31.6 Å². The summed E-state index contributed by atoms with van der Waals surface area (Å²) in [7, 11) is 0. The van der Waals surface area contributed by atoms with E-state index in [0.29, 0.717) is 36.9 Å². The van der Waals surface area contributed by atoms with Crippen LogP contribution >= 0.6 is 11.6 Å². The molecule has 4 heterocycles. The Hall–Kier alpha value is -2.56. The Bertz CT molecular complexity index is 1020. The quantitative estimate of drug-likeness (QED) is 0.325. The third-order valence-corrected chi connectivity index (χ3v) is 6.94. The molecule has 0 aromatic rings. The first-order chi connectivity index (χ1) is 15.7. The number of nitrogens with zero attached hydrogens (tertiary/aromatic N) is 1. The van der Waals surface area contributed by atoms with Crippen LogP contribution in [0.15, 0.2) is 51.3 Å². The number of carbonyl (C=O) groups is 1.